The minimum atomic E-state index is 0.284. The fourth-order valence-corrected chi connectivity index (χ4v) is 4.36. The Balaban J connectivity index is 2.07. The molecule has 2 rings (SSSR count). The highest BCUT2D eigenvalue weighted by molar-refractivity contribution is 4.97. The average molecular weight is 281 g/mol. The molecule has 2 N–H and O–H groups in total. The van der Waals surface area contributed by atoms with Gasteiger partial charge in [0.05, 0.1) is 0 Å². The van der Waals surface area contributed by atoms with Crippen molar-refractivity contribution < 1.29 is 0 Å². The number of nitrogens with zero attached hydrogens (tertiary/aromatic N) is 2. The SMILES string of the molecule is CCCN1CCCC(CN)(N2CCCCCC2C)CC1. The van der Waals surface area contributed by atoms with Crippen LogP contribution in [0, 0.1) is 0 Å². The monoisotopic (exact) mass is 281 g/mol. The second-order valence-electron chi connectivity index (χ2n) is 7.02. The summed E-state index contributed by atoms with van der Waals surface area (Å²) in [7, 11) is 0. The zero-order valence-corrected chi connectivity index (χ0v) is 13.7. The van der Waals surface area contributed by atoms with Crippen LogP contribution in [0.25, 0.3) is 0 Å². The van der Waals surface area contributed by atoms with Gasteiger partial charge in [-0.05, 0) is 71.6 Å². The molecule has 0 aromatic heterocycles. The van der Waals surface area contributed by atoms with Gasteiger partial charge in [-0.25, -0.2) is 0 Å². The Morgan fingerprint density at radius 1 is 1.05 bits per heavy atom. The largest absolute Gasteiger partial charge is 0.329 e. The van der Waals surface area contributed by atoms with E-state index in [2.05, 4.69) is 23.6 Å². The first kappa shape index (κ1) is 16.3. The van der Waals surface area contributed by atoms with Crippen LogP contribution in [-0.4, -0.2) is 54.1 Å². The van der Waals surface area contributed by atoms with Gasteiger partial charge in [-0.1, -0.05) is 19.8 Å². The van der Waals surface area contributed by atoms with Gasteiger partial charge in [-0.2, -0.15) is 0 Å². The molecule has 2 atom stereocenters. The van der Waals surface area contributed by atoms with Crippen LogP contribution in [0.15, 0.2) is 0 Å². The summed E-state index contributed by atoms with van der Waals surface area (Å²) < 4.78 is 0. The smallest absolute Gasteiger partial charge is 0.0347 e. The lowest BCUT2D eigenvalue weighted by molar-refractivity contribution is 0.0441. The molecule has 2 saturated heterocycles. The molecule has 0 radical (unpaired) electrons. The molecular formula is C17H35N3. The molecule has 20 heavy (non-hydrogen) atoms. The Labute approximate surface area is 125 Å². The van der Waals surface area contributed by atoms with Crippen LogP contribution in [0.1, 0.15) is 65.2 Å². The number of hydrogen-bond donors (Lipinski definition) is 1. The molecule has 2 aliphatic heterocycles. The number of hydrogen-bond acceptors (Lipinski definition) is 3. The predicted octanol–water partition coefficient (Wildman–Crippen LogP) is 2.84. The van der Waals surface area contributed by atoms with E-state index in [9.17, 15) is 0 Å². The topological polar surface area (TPSA) is 32.5 Å². The molecule has 2 heterocycles. The van der Waals surface area contributed by atoms with Gasteiger partial charge in [0.1, 0.15) is 0 Å². The Morgan fingerprint density at radius 3 is 2.65 bits per heavy atom. The molecule has 118 valence electrons. The molecule has 2 unspecified atom stereocenters. The van der Waals surface area contributed by atoms with Gasteiger partial charge in [-0.15, -0.1) is 0 Å². The summed E-state index contributed by atoms with van der Waals surface area (Å²) in [5.41, 5.74) is 6.59. The van der Waals surface area contributed by atoms with Crippen LogP contribution in [0.4, 0.5) is 0 Å². The molecule has 0 bridgehead atoms. The maximum absolute atomic E-state index is 6.31. The lowest BCUT2D eigenvalue weighted by atomic mass is 9.86. The second-order valence-corrected chi connectivity index (χ2v) is 7.02. The fraction of sp³-hybridized carbons (Fsp3) is 1.00. The summed E-state index contributed by atoms with van der Waals surface area (Å²) in [6.07, 6.45) is 10.7. The highest BCUT2D eigenvalue weighted by atomic mass is 15.2. The van der Waals surface area contributed by atoms with Gasteiger partial charge in [0, 0.05) is 18.1 Å². The fourth-order valence-electron chi connectivity index (χ4n) is 4.36. The van der Waals surface area contributed by atoms with Crippen LogP contribution in [0.3, 0.4) is 0 Å². The number of likely N-dealkylation sites (tertiary alicyclic amines) is 2. The minimum Gasteiger partial charge on any atom is -0.329 e. The number of rotatable bonds is 4. The van der Waals surface area contributed by atoms with Crippen molar-refractivity contribution in [2.45, 2.75) is 76.8 Å². The first-order valence-electron chi connectivity index (χ1n) is 8.91. The van der Waals surface area contributed by atoms with Gasteiger partial charge in [0.25, 0.3) is 0 Å². The van der Waals surface area contributed by atoms with E-state index >= 15 is 0 Å². The highest BCUT2D eigenvalue weighted by Gasteiger charge is 2.39. The predicted molar refractivity (Wildman–Crippen MR) is 87.0 cm³/mol. The van der Waals surface area contributed by atoms with Crippen molar-refractivity contribution in [1.82, 2.24) is 9.80 Å². The quantitative estimate of drug-likeness (QED) is 0.860. The third kappa shape index (κ3) is 3.75. The Kier molecular flexibility index (Phi) is 6.31. The van der Waals surface area contributed by atoms with E-state index in [-0.39, 0.29) is 5.54 Å². The summed E-state index contributed by atoms with van der Waals surface area (Å²) in [5, 5.41) is 0. The zero-order chi connectivity index (χ0) is 14.4. The van der Waals surface area contributed by atoms with E-state index in [4.69, 9.17) is 5.73 Å². The molecular weight excluding hydrogens is 246 g/mol. The average Bonchev–Trinajstić information content (AvgIpc) is 2.79. The molecule has 0 aliphatic carbocycles. The van der Waals surface area contributed by atoms with Crippen molar-refractivity contribution in [3.8, 4) is 0 Å². The van der Waals surface area contributed by atoms with Crippen LogP contribution in [-0.2, 0) is 0 Å². The van der Waals surface area contributed by atoms with E-state index in [1.807, 2.05) is 0 Å². The molecule has 3 heteroatoms. The zero-order valence-electron chi connectivity index (χ0n) is 13.7. The first-order chi connectivity index (χ1) is 9.72. The molecule has 3 nitrogen and oxygen atoms in total. The third-order valence-corrected chi connectivity index (χ3v) is 5.59. The number of nitrogens with two attached hydrogens (primary N) is 1. The maximum Gasteiger partial charge on any atom is 0.0347 e. The molecule has 0 aromatic carbocycles. The maximum atomic E-state index is 6.31. The summed E-state index contributed by atoms with van der Waals surface area (Å²) in [6, 6.07) is 0.721. The third-order valence-electron chi connectivity index (χ3n) is 5.59. The van der Waals surface area contributed by atoms with E-state index in [0.717, 1.165) is 12.6 Å². The lowest BCUT2D eigenvalue weighted by Crippen LogP contribution is -2.57. The van der Waals surface area contributed by atoms with Crippen LogP contribution in [0.5, 0.6) is 0 Å². The molecule has 2 fully saturated rings. The van der Waals surface area contributed by atoms with Crippen LogP contribution < -0.4 is 5.73 Å². The normalized spacial score (nSPS) is 34.6. The van der Waals surface area contributed by atoms with Gasteiger partial charge >= 0.3 is 0 Å². The lowest BCUT2D eigenvalue weighted by Gasteiger charge is -2.46. The molecule has 0 saturated carbocycles. The summed E-state index contributed by atoms with van der Waals surface area (Å²) in [4.78, 5) is 5.45. The van der Waals surface area contributed by atoms with E-state index < -0.39 is 0 Å². The Bertz CT molecular complexity index is 281. The van der Waals surface area contributed by atoms with Gasteiger partial charge in [-0.3, -0.25) is 4.90 Å². The van der Waals surface area contributed by atoms with E-state index in [1.165, 1.54) is 77.5 Å². The Morgan fingerprint density at radius 2 is 1.90 bits per heavy atom. The standard InChI is InChI=1S/C17H35N3/c1-3-11-19-12-7-9-17(15-18,10-14-19)20-13-6-4-5-8-16(20)2/h16H,3-15,18H2,1-2H3. The molecule has 2 aliphatic rings. The van der Waals surface area contributed by atoms with Crippen molar-refractivity contribution in [3.05, 3.63) is 0 Å². The highest BCUT2D eigenvalue weighted by Crippen LogP contribution is 2.33. The summed E-state index contributed by atoms with van der Waals surface area (Å²) >= 11 is 0. The second kappa shape index (κ2) is 7.77. The van der Waals surface area contributed by atoms with Crippen molar-refractivity contribution >= 4 is 0 Å². The van der Waals surface area contributed by atoms with Gasteiger partial charge < -0.3 is 10.6 Å². The van der Waals surface area contributed by atoms with Crippen molar-refractivity contribution in [3.63, 3.8) is 0 Å². The van der Waals surface area contributed by atoms with Gasteiger partial charge in [0.15, 0.2) is 0 Å². The van der Waals surface area contributed by atoms with Crippen molar-refractivity contribution in [2.24, 2.45) is 5.73 Å². The summed E-state index contributed by atoms with van der Waals surface area (Å²) in [6.45, 7) is 10.6. The minimum absolute atomic E-state index is 0.284. The van der Waals surface area contributed by atoms with Crippen LogP contribution in [0.2, 0.25) is 0 Å². The Hall–Kier alpha value is -0.120. The molecule has 0 spiro atoms. The van der Waals surface area contributed by atoms with Crippen molar-refractivity contribution in [1.29, 1.82) is 0 Å². The molecule has 0 amide bonds. The van der Waals surface area contributed by atoms with Gasteiger partial charge in [0.2, 0.25) is 0 Å². The van der Waals surface area contributed by atoms with Crippen molar-refractivity contribution in [2.75, 3.05) is 32.7 Å². The van der Waals surface area contributed by atoms with E-state index in [1.54, 1.807) is 0 Å². The summed E-state index contributed by atoms with van der Waals surface area (Å²) in [5.74, 6) is 0. The first-order valence-corrected chi connectivity index (χ1v) is 8.91. The van der Waals surface area contributed by atoms with E-state index in [0.29, 0.717) is 0 Å². The molecule has 0 aromatic rings. The van der Waals surface area contributed by atoms with Crippen LogP contribution >= 0.6 is 0 Å².